The number of aryl methyl sites for hydroxylation is 1. The number of imidazole rings is 1. The first kappa shape index (κ1) is 16.7. The molecule has 0 fully saturated rings. The number of hydrogen-bond acceptors (Lipinski definition) is 4. The van der Waals surface area contributed by atoms with Crippen molar-refractivity contribution in [3.05, 3.63) is 71.7 Å². The molecule has 3 aromatic rings. The van der Waals surface area contributed by atoms with Crippen LogP contribution in [-0.2, 0) is 16.0 Å². The Hall–Kier alpha value is -3.15. The Morgan fingerprint density at radius 1 is 1.16 bits per heavy atom. The summed E-state index contributed by atoms with van der Waals surface area (Å²) in [6.07, 6.45) is 2.13. The fourth-order valence-electron chi connectivity index (χ4n) is 2.80. The van der Waals surface area contributed by atoms with Gasteiger partial charge in [0.15, 0.2) is 0 Å². The number of pyridine rings is 1. The summed E-state index contributed by atoms with van der Waals surface area (Å²) in [7, 11) is 1.31. The largest absolute Gasteiger partial charge is 0.467 e. The van der Waals surface area contributed by atoms with E-state index in [2.05, 4.69) is 10.3 Å². The molecule has 0 radical (unpaired) electrons. The van der Waals surface area contributed by atoms with Crippen LogP contribution in [0.4, 0.5) is 0 Å². The Labute approximate surface area is 145 Å². The maximum absolute atomic E-state index is 12.8. The zero-order chi connectivity index (χ0) is 17.8. The van der Waals surface area contributed by atoms with E-state index in [1.165, 1.54) is 7.11 Å². The summed E-state index contributed by atoms with van der Waals surface area (Å²) in [6.45, 7) is 1.77. The number of esters is 1. The van der Waals surface area contributed by atoms with Crippen molar-refractivity contribution >= 4 is 17.5 Å². The lowest BCUT2D eigenvalue weighted by atomic mass is 10.1. The van der Waals surface area contributed by atoms with Gasteiger partial charge in [-0.2, -0.15) is 0 Å². The molecule has 0 saturated heterocycles. The predicted octanol–water partition coefficient (Wildman–Crippen LogP) is 2.16. The van der Waals surface area contributed by atoms with E-state index in [0.717, 1.165) is 5.56 Å². The summed E-state index contributed by atoms with van der Waals surface area (Å²) in [5.41, 5.74) is 2.64. The van der Waals surface area contributed by atoms with Crippen LogP contribution < -0.4 is 5.32 Å². The van der Waals surface area contributed by atoms with Crippen LogP contribution >= 0.6 is 0 Å². The number of nitrogens with zero attached hydrogens (tertiary/aromatic N) is 2. The lowest BCUT2D eigenvalue weighted by Gasteiger charge is -2.16. The molecule has 1 N–H and O–H groups in total. The van der Waals surface area contributed by atoms with Crippen LogP contribution in [-0.4, -0.2) is 34.4 Å². The van der Waals surface area contributed by atoms with Crippen molar-refractivity contribution in [1.29, 1.82) is 0 Å². The minimum atomic E-state index is -0.770. The van der Waals surface area contributed by atoms with Crippen LogP contribution in [0.5, 0.6) is 0 Å². The molecule has 0 saturated carbocycles. The summed E-state index contributed by atoms with van der Waals surface area (Å²) in [5, 5.41) is 2.78. The standard InChI is InChI=1S/C19H19N3O3/c1-13-17(22-11-7-6-10-16(22)20-13)18(23)21-15(19(24)25-2)12-14-8-4-3-5-9-14/h3-11,15H,12H2,1-2H3,(H,21,23)/t15-/m0/s1. The van der Waals surface area contributed by atoms with Crippen LogP contribution in [0.15, 0.2) is 54.7 Å². The monoisotopic (exact) mass is 337 g/mol. The molecule has 0 bridgehead atoms. The van der Waals surface area contributed by atoms with Gasteiger partial charge in [-0.25, -0.2) is 9.78 Å². The Kier molecular flexibility index (Phi) is 4.79. The number of carbonyl (C=O) groups excluding carboxylic acids is 2. The maximum Gasteiger partial charge on any atom is 0.328 e. The molecule has 2 aromatic heterocycles. The quantitative estimate of drug-likeness (QED) is 0.724. The Balaban J connectivity index is 1.87. The molecular weight excluding hydrogens is 318 g/mol. The Morgan fingerprint density at radius 3 is 2.60 bits per heavy atom. The number of rotatable bonds is 5. The van der Waals surface area contributed by atoms with E-state index >= 15 is 0 Å². The second-order valence-corrected chi connectivity index (χ2v) is 5.71. The number of benzene rings is 1. The molecule has 0 aliphatic heterocycles. The highest BCUT2D eigenvalue weighted by Crippen LogP contribution is 2.13. The summed E-state index contributed by atoms with van der Waals surface area (Å²) in [5.74, 6) is -0.841. The second-order valence-electron chi connectivity index (χ2n) is 5.71. The normalized spacial score (nSPS) is 11.9. The molecule has 1 aromatic carbocycles. The molecule has 3 rings (SSSR count). The number of fused-ring (bicyclic) bond motifs is 1. The van der Waals surface area contributed by atoms with Crippen LogP contribution in [0.3, 0.4) is 0 Å². The number of methoxy groups -OCH3 is 1. The Morgan fingerprint density at radius 2 is 1.88 bits per heavy atom. The molecule has 0 aliphatic rings. The average Bonchev–Trinajstić information content (AvgIpc) is 2.97. The summed E-state index contributed by atoms with van der Waals surface area (Å²) in [4.78, 5) is 29.3. The van der Waals surface area contributed by atoms with Crippen molar-refractivity contribution in [3.8, 4) is 0 Å². The van der Waals surface area contributed by atoms with Gasteiger partial charge >= 0.3 is 5.97 Å². The lowest BCUT2D eigenvalue weighted by Crippen LogP contribution is -2.43. The molecule has 1 amide bonds. The molecule has 0 aliphatic carbocycles. The van der Waals surface area contributed by atoms with Crippen LogP contribution in [0, 0.1) is 6.92 Å². The highest BCUT2D eigenvalue weighted by molar-refractivity contribution is 5.97. The third-order valence-electron chi connectivity index (χ3n) is 3.99. The van der Waals surface area contributed by atoms with Gasteiger partial charge in [-0.15, -0.1) is 0 Å². The van der Waals surface area contributed by atoms with E-state index < -0.39 is 12.0 Å². The van der Waals surface area contributed by atoms with Gasteiger partial charge in [0, 0.05) is 12.6 Å². The summed E-state index contributed by atoms with van der Waals surface area (Å²) in [6, 6.07) is 14.2. The number of nitrogens with one attached hydrogen (secondary N) is 1. The van der Waals surface area contributed by atoms with Crippen LogP contribution in [0.2, 0.25) is 0 Å². The highest BCUT2D eigenvalue weighted by Gasteiger charge is 2.25. The number of aromatic nitrogens is 2. The number of carbonyl (C=O) groups is 2. The van der Waals surface area contributed by atoms with Crippen molar-refractivity contribution in [2.75, 3.05) is 7.11 Å². The van der Waals surface area contributed by atoms with E-state index in [0.29, 0.717) is 23.5 Å². The SMILES string of the molecule is COC(=O)[C@H](Cc1ccccc1)NC(=O)c1c(C)nc2ccccn12. The van der Waals surface area contributed by atoms with E-state index in [1.807, 2.05) is 48.5 Å². The van der Waals surface area contributed by atoms with Crippen molar-refractivity contribution in [3.63, 3.8) is 0 Å². The Bertz CT molecular complexity index is 903. The average molecular weight is 337 g/mol. The first-order chi connectivity index (χ1) is 12.1. The van der Waals surface area contributed by atoms with Crippen molar-refractivity contribution < 1.29 is 14.3 Å². The van der Waals surface area contributed by atoms with Gasteiger partial charge in [0.2, 0.25) is 0 Å². The van der Waals surface area contributed by atoms with Crippen LogP contribution in [0.1, 0.15) is 21.7 Å². The smallest absolute Gasteiger partial charge is 0.328 e. The highest BCUT2D eigenvalue weighted by atomic mass is 16.5. The lowest BCUT2D eigenvalue weighted by molar-refractivity contribution is -0.142. The predicted molar refractivity (Wildman–Crippen MR) is 93.3 cm³/mol. The topological polar surface area (TPSA) is 72.7 Å². The van der Waals surface area contributed by atoms with Gasteiger partial charge in [0.05, 0.1) is 12.8 Å². The molecule has 0 unspecified atom stereocenters. The van der Waals surface area contributed by atoms with E-state index in [9.17, 15) is 9.59 Å². The zero-order valence-corrected chi connectivity index (χ0v) is 14.1. The van der Waals surface area contributed by atoms with Crippen LogP contribution in [0.25, 0.3) is 5.65 Å². The molecule has 128 valence electrons. The molecular formula is C19H19N3O3. The van der Waals surface area contributed by atoms with Gasteiger partial charge in [-0.3, -0.25) is 9.20 Å². The second kappa shape index (κ2) is 7.17. The summed E-state index contributed by atoms with van der Waals surface area (Å²) < 4.78 is 6.55. The first-order valence-corrected chi connectivity index (χ1v) is 7.96. The molecule has 1 atom stereocenters. The van der Waals surface area contributed by atoms with Gasteiger partial charge in [0.1, 0.15) is 17.4 Å². The van der Waals surface area contributed by atoms with Crippen molar-refractivity contribution in [1.82, 2.24) is 14.7 Å². The van der Waals surface area contributed by atoms with E-state index in [4.69, 9.17) is 4.74 Å². The number of hydrogen-bond donors (Lipinski definition) is 1. The first-order valence-electron chi connectivity index (χ1n) is 7.96. The van der Waals surface area contributed by atoms with Crippen molar-refractivity contribution in [2.24, 2.45) is 0 Å². The number of ether oxygens (including phenoxy) is 1. The number of amides is 1. The van der Waals surface area contributed by atoms with E-state index in [1.54, 1.807) is 17.5 Å². The maximum atomic E-state index is 12.8. The molecule has 6 nitrogen and oxygen atoms in total. The fraction of sp³-hybridized carbons (Fsp3) is 0.211. The van der Waals surface area contributed by atoms with Gasteiger partial charge < -0.3 is 10.1 Å². The fourth-order valence-corrected chi connectivity index (χ4v) is 2.80. The molecule has 0 spiro atoms. The minimum absolute atomic E-state index is 0.356. The summed E-state index contributed by atoms with van der Waals surface area (Å²) >= 11 is 0. The molecule has 2 heterocycles. The third-order valence-corrected chi connectivity index (χ3v) is 3.99. The van der Waals surface area contributed by atoms with E-state index in [-0.39, 0.29) is 5.91 Å². The minimum Gasteiger partial charge on any atom is -0.467 e. The third kappa shape index (κ3) is 3.52. The van der Waals surface area contributed by atoms with Crippen molar-refractivity contribution in [2.45, 2.75) is 19.4 Å². The van der Waals surface area contributed by atoms with Gasteiger partial charge in [-0.1, -0.05) is 36.4 Å². The van der Waals surface area contributed by atoms with Gasteiger partial charge in [0.25, 0.3) is 5.91 Å². The van der Waals surface area contributed by atoms with Gasteiger partial charge in [-0.05, 0) is 24.6 Å². The zero-order valence-electron chi connectivity index (χ0n) is 14.1. The molecule has 25 heavy (non-hydrogen) atoms. The molecule has 6 heteroatoms.